The first-order valence-electron chi connectivity index (χ1n) is 21.0. The van der Waals surface area contributed by atoms with Crippen LogP contribution in [0.2, 0.25) is 0 Å². The van der Waals surface area contributed by atoms with Crippen LogP contribution in [0.5, 0.6) is 11.5 Å². The number of rotatable bonds is 12. The minimum Gasteiger partial charge on any atom is -0.457 e. The monoisotopic (exact) mass is 794 g/mol. The van der Waals surface area contributed by atoms with Crippen molar-refractivity contribution in [1.82, 2.24) is 4.98 Å². The molecule has 9 rings (SSSR count). The molecule has 1 aliphatic rings. The number of hydrogen-bond acceptors (Lipinski definition) is 5. The van der Waals surface area contributed by atoms with Gasteiger partial charge in [0, 0.05) is 58.6 Å². The molecule has 0 atom stereocenters. The fraction of sp³-hybridized carbons (Fsp3) is 0.125. The zero-order valence-electron chi connectivity index (χ0n) is 35.2. The summed E-state index contributed by atoms with van der Waals surface area (Å²) in [6, 6.07) is 70.3. The Labute approximate surface area is 360 Å². The van der Waals surface area contributed by atoms with Gasteiger partial charge >= 0.3 is 0 Å². The highest BCUT2D eigenvalue weighted by Crippen LogP contribution is 2.42. The number of hydrogen-bond donors (Lipinski definition) is 0. The van der Waals surface area contributed by atoms with Crippen molar-refractivity contribution in [3.63, 3.8) is 0 Å². The SMILES string of the molecule is CC(C)(c1ccccc1)c1cc(N2C=CN(c3cc(Oc4cccc(N(c5ccccc5)c5ccccn5)c4)cc(-c4ccccc4)c3)C2)cc(C(C)(C)c2ccccc2)c1. The first-order valence-corrected chi connectivity index (χ1v) is 21.0. The number of pyridine rings is 1. The second kappa shape index (κ2) is 16.7. The summed E-state index contributed by atoms with van der Waals surface area (Å²) in [5, 5.41) is 0. The van der Waals surface area contributed by atoms with Crippen molar-refractivity contribution in [3.05, 3.63) is 241 Å². The fourth-order valence-corrected chi connectivity index (χ4v) is 8.20. The van der Waals surface area contributed by atoms with Crippen molar-refractivity contribution in [2.24, 2.45) is 0 Å². The van der Waals surface area contributed by atoms with Crippen LogP contribution in [0.1, 0.15) is 49.9 Å². The van der Waals surface area contributed by atoms with Crippen LogP contribution >= 0.6 is 0 Å². The maximum atomic E-state index is 6.79. The predicted octanol–water partition coefficient (Wildman–Crippen LogP) is 14.4. The molecule has 0 fully saturated rings. The molecule has 0 N–H and O–H groups in total. The van der Waals surface area contributed by atoms with Crippen molar-refractivity contribution in [1.29, 1.82) is 0 Å². The zero-order valence-corrected chi connectivity index (χ0v) is 35.2. The first kappa shape index (κ1) is 39.1. The van der Waals surface area contributed by atoms with E-state index in [0.717, 1.165) is 51.2 Å². The van der Waals surface area contributed by atoms with Crippen molar-refractivity contribution in [2.75, 3.05) is 21.4 Å². The Kier molecular flexibility index (Phi) is 10.7. The van der Waals surface area contributed by atoms with Gasteiger partial charge in [0.2, 0.25) is 0 Å². The van der Waals surface area contributed by atoms with Gasteiger partial charge in [-0.25, -0.2) is 4.98 Å². The van der Waals surface area contributed by atoms with Gasteiger partial charge in [-0.15, -0.1) is 0 Å². The van der Waals surface area contributed by atoms with E-state index < -0.39 is 0 Å². The van der Waals surface area contributed by atoms with Crippen molar-refractivity contribution in [2.45, 2.75) is 38.5 Å². The van der Waals surface area contributed by atoms with Crippen LogP contribution in [0, 0.1) is 0 Å². The van der Waals surface area contributed by atoms with Gasteiger partial charge in [-0.2, -0.15) is 0 Å². The van der Waals surface area contributed by atoms with E-state index in [2.05, 4.69) is 206 Å². The number of para-hydroxylation sites is 1. The minimum absolute atomic E-state index is 0.217. The molecular formula is C56H50N4O. The van der Waals surface area contributed by atoms with Crippen LogP contribution in [-0.2, 0) is 10.8 Å². The number of nitrogens with zero attached hydrogens (tertiary/aromatic N) is 4. The molecule has 7 aromatic carbocycles. The molecule has 5 heteroatoms. The third-order valence-electron chi connectivity index (χ3n) is 11.9. The molecule has 61 heavy (non-hydrogen) atoms. The molecule has 0 unspecified atom stereocenters. The van der Waals surface area contributed by atoms with E-state index in [1.165, 1.54) is 22.3 Å². The number of ether oxygens (including phenoxy) is 1. The summed E-state index contributed by atoms with van der Waals surface area (Å²) in [7, 11) is 0. The Morgan fingerprint density at radius 1 is 0.443 bits per heavy atom. The van der Waals surface area contributed by atoms with Crippen molar-refractivity contribution < 1.29 is 4.74 Å². The number of aromatic nitrogens is 1. The van der Waals surface area contributed by atoms with Crippen LogP contribution in [0.25, 0.3) is 11.1 Å². The average molecular weight is 795 g/mol. The van der Waals surface area contributed by atoms with Gasteiger partial charge < -0.3 is 14.5 Å². The maximum absolute atomic E-state index is 6.79. The Morgan fingerprint density at radius 3 is 1.57 bits per heavy atom. The molecule has 8 aromatic rings. The van der Waals surface area contributed by atoms with E-state index in [1.54, 1.807) is 0 Å². The topological polar surface area (TPSA) is 31.8 Å². The molecule has 2 heterocycles. The molecule has 0 radical (unpaired) electrons. The first-order chi connectivity index (χ1) is 29.7. The molecule has 0 spiro atoms. The van der Waals surface area contributed by atoms with Crippen LogP contribution < -0.4 is 19.4 Å². The molecule has 1 aliphatic heterocycles. The molecule has 0 amide bonds. The lowest BCUT2D eigenvalue weighted by Crippen LogP contribution is -2.27. The van der Waals surface area contributed by atoms with E-state index >= 15 is 0 Å². The summed E-state index contributed by atoms with van der Waals surface area (Å²) in [5.74, 6) is 2.31. The molecular weight excluding hydrogens is 745 g/mol. The van der Waals surface area contributed by atoms with Gasteiger partial charge in [-0.3, -0.25) is 4.90 Å². The minimum atomic E-state index is -0.217. The predicted molar refractivity (Wildman–Crippen MR) is 253 cm³/mol. The largest absolute Gasteiger partial charge is 0.457 e. The Morgan fingerprint density at radius 2 is 0.984 bits per heavy atom. The Hall–Kier alpha value is -7.37. The second-order valence-electron chi connectivity index (χ2n) is 16.7. The van der Waals surface area contributed by atoms with Gasteiger partial charge in [-0.1, -0.05) is 155 Å². The highest BCUT2D eigenvalue weighted by molar-refractivity contribution is 5.76. The van der Waals surface area contributed by atoms with Crippen LogP contribution in [-0.4, -0.2) is 11.7 Å². The third-order valence-corrected chi connectivity index (χ3v) is 11.9. The number of benzene rings is 7. The van der Waals surface area contributed by atoms with Gasteiger partial charge in [0.15, 0.2) is 0 Å². The smallest absolute Gasteiger partial charge is 0.137 e. The lowest BCUT2D eigenvalue weighted by Gasteiger charge is -2.33. The van der Waals surface area contributed by atoms with Crippen LogP contribution in [0.4, 0.5) is 28.6 Å². The highest BCUT2D eigenvalue weighted by atomic mass is 16.5. The number of anilines is 5. The van der Waals surface area contributed by atoms with Crippen molar-refractivity contribution in [3.8, 4) is 22.6 Å². The molecule has 1 aromatic heterocycles. The second-order valence-corrected chi connectivity index (χ2v) is 16.7. The van der Waals surface area contributed by atoms with E-state index in [1.807, 2.05) is 54.7 Å². The Balaban J connectivity index is 1.06. The van der Waals surface area contributed by atoms with E-state index in [9.17, 15) is 0 Å². The summed E-state index contributed by atoms with van der Waals surface area (Å²) in [4.78, 5) is 11.5. The lowest BCUT2D eigenvalue weighted by molar-refractivity contribution is 0.483. The molecule has 0 bridgehead atoms. The van der Waals surface area contributed by atoms with Crippen LogP contribution in [0.3, 0.4) is 0 Å². The summed E-state index contributed by atoms with van der Waals surface area (Å²) in [5.41, 5.74) is 11.1. The van der Waals surface area contributed by atoms with Gasteiger partial charge in [0.05, 0.1) is 12.4 Å². The average Bonchev–Trinajstić information content (AvgIpc) is 3.82. The lowest BCUT2D eigenvalue weighted by atomic mass is 9.73. The summed E-state index contributed by atoms with van der Waals surface area (Å²) in [6.45, 7) is 9.96. The zero-order chi connectivity index (χ0) is 41.8. The van der Waals surface area contributed by atoms with E-state index in [-0.39, 0.29) is 10.8 Å². The van der Waals surface area contributed by atoms with Crippen LogP contribution in [0.15, 0.2) is 219 Å². The fourth-order valence-electron chi connectivity index (χ4n) is 8.20. The highest BCUT2D eigenvalue weighted by Gasteiger charge is 2.30. The maximum Gasteiger partial charge on any atom is 0.137 e. The summed E-state index contributed by atoms with van der Waals surface area (Å²) in [6.07, 6.45) is 6.20. The normalized spacial score (nSPS) is 12.7. The standard InChI is InChI=1S/C56H50N4O/c1-55(2,44-22-11-6-12-23-44)46-36-47(56(3,4)45-24-13-7-14-25-45)38-51(37-46)59-33-32-58(41-59)50-34-43(42-20-9-5-10-21-42)35-53(40-50)61-52-29-19-28-49(39-52)60(48-26-15-8-16-27-48)54-30-17-18-31-57-54/h5-40H,41H2,1-4H3. The quantitative estimate of drug-likeness (QED) is 0.123. The molecule has 0 saturated heterocycles. The van der Waals surface area contributed by atoms with Gasteiger partial charge in [0.1, 0.15) is 17.3 Å². The summed E-state index contributed by atoms with van der Waals surface area (Å²) >= 11 is 0. The molecule has 0 saturated carbocycles. The van der Waals surface area contributed by atoms with Gasteiger partial charge in [0.25, 0.3) is 0 Å². The van der Waals surface area contributed by atoms with Gasteiger partial charge in [-0.05, 0) is 94.0 Å². The molecule has 300 valence electrons. The summed E-state index contributed by atoms with van der Waals surface area (Å²) < 4.78 is 6.79. The van der Waals surface area contributed by atoms with E-state index in [0.29, 0.717) is 6.67 Å². The Bertz CT molecular complexity index is 2640. The van der Waals surface area contributed by atoms with E-state index in [4.69, 9.17) is 9.72 Å². The molecule has 0 aliphatic carbocycles. The third kappa shape index (κ3) is 8.28. The van der Waals surface area contributed by atoms with Crippen molar-refractivity contribution >= 4 is 28.6 Å². The molecule has 5 nitrogen and oxygen atoms in total.